The molecule has 1 saturated heterocycles. The summed E-state index contributed by atoms with van der Waals surface area (Å²) in [7, 11) is 0. The van der Waals surface area contributed by atoms with Crippen LogP contribution in [0.4, 0.5) is 5.82 Å². The van der Waals surface area contributed by atoms with Gasteiger partial charge in [-0.1, -0.05) is 29.8 Å². The molecular weight excluding hydrogens is 454 g/mol. The van der Waals surface area contributed by atoms with Gasteiger partial charge in [-0.3, -0.25) is 4.79 Å². The van der Waals surface area contributed by atoms with Gasteiger partial charge in [-0.25, -0.2) is 9.78 Å². The van der Waals surface area contributed by atoms with Gasteiger partial charge >= 0.3 is 5.97 Å². The number of piperidine rings is 1. The van der Waals surface area contributed by atoms with Gasteiger partial charge < -0.3 is 20.1 Å². The summed E-state index contributed by atoms with van der Waals surface area (Å²) in [6.07, 6.45) is 5.57. The highest BCUT2D eigenvalue weighted by atomic mass is 35.5. The second-order valence-electron chi connectivity index (χ2n) is 7.92. The molecule has 174 valence electrons. The molecule has 2 heterocycles. The standard InChI is InChI=1S/C26H24ClN3O4/c27-23-16-18(6-11-24(31)32)17-28-25(23)29-20-12-14-30(15-13-20)26(33)19-7-9-22(10-8-19)34-21-4-2-1-3-5-21/h1-11,16-17,20H,12-15H2,(H,28,29)(H,31,32). The van der Waals surface area contributed by atoms with Crippen LogP contribution in [-0.4, -0.2) is 46.0 Å². The minimum atomic E-state index is -1.03. The normalized spacial score (nSPS) is 14.2. The third-order valence-electron chi connectivity index (χ3n) is 5.48. The van der Waals surface area contributed by atoms with E-state index in [2.05, 4.69) is 10.3 Å². The van der Waals surface area contributed by atoms with Crippen LogP contribution in [0.15, 0.2) is 72.9 Å². The molecule has 1 fully saturated rings. The van der Waals surface area contributed by atoms with Crippen molar-refractivity contribution in [1.82, 2.24) is 9.88 Å². The van der Waals surface area contributed by atoms with Gasteiger partial charge in [0, 0.05) is 37.0 Å². The van der Waals surface area contributed by atoms with Crippen LogP contribution in [0.5, 0.6) is 11.5 Å². The zero-order chi connectivity index (χ0) is 23.9. The number of rotatable bonds is 7. The van der Waals surface area contributed by atoms with Gasteiger partial charge in [-0.05, 0) is 66.9 Å². The Kier molecular flexibility index (Phi) is 7.44. The summed E-state index contributed by atoms with van der Waals surface area (Å²) < 4.78 is 5.79. The number of carbonyl (C=O) groups is 2. The van der Waals surface area contributed by atoms with Crippen molar-refractivity contribution in [2.24, 2.45) is 0 Å². The lowest BCUT2D eigenvalue weighted by atomic mass is 10.0. The van der Waals surface area contributed by atoms with E-state index in [1.54, 1.807) is 36.5 Å². The lowest BCUT2D eigenvalue weighted by Crippen LogP contribution is -2.42. The Balaban J connectivity index is 1.29. The van der Waals surface area contributed by atoms with Crippen LogP contribution in [0, 0.1) is 0 Å². The fourth-order valence-corrected chi connectivity index (χ4v) is 3.94. The average Bonchev–Trinajstić information content (AvgIpc) is 2.85. The number of halogens is 1. The van der Waals surface area contributed by atoms with Crippen molar-refractivity contribution in [2.45, 2.75) is 18.9 Å². The molecule has 1 aliphatic rings. The van der Waals surface area contributed by atoms with Crippen LogP contribution in [0.2, 0.25) is 5.02 Å². The highest BCUT2D eigenvalue weighted by Gasteiger charge is 2.24. The smallest absolute Gasteiger partial charge is 0.328 e. The highest BCUT2D eigenvalue weighted by Crippen LogP contribution is 2.25. The molecule has 1 amide bonds. The summed E-state index contributed by atoms with van der Waals surface area (Å²) in [4.78, 5) is 29.7. The van der Waals surface area contributed by atoms with Crippen molar-refractivity contribution >= 4 is 35.4 Å². The number of carboxylic acid groups (broad SMARTS) is 1. The molecule has 34 heavy (non-hydrogen) atoms. The highest BCUT2D eigenvalue weighted by molar-refractivity contribution is 6.33. The van der Waals surface area contributed by atoms with Crippen molar-refractivity contribution in [3.63, 3.8) is 0 Å². The van der Waals surface area contributed by atoms with E-state index < -0.39 is 5.97 Å². The number of pyridine rings is 1. The summed E-state index contributed by atoms with van der Waals surface area (Å²) in [5, 5.41) is 12.5. The topological polar surface area (TPSA) is 91.8 Å². The van der Waals surface area contributed by atoms with Gasteiger partial charge in [-0.2, -0.15) is 0 Å². The molecule has 8 heteroatoms. The molecule has 2 aromatic carbocycles. The van der Waals surface area contributed by atoms with Gasteiger partial charge in [0.2, 0.25) is 0 Å². The Hall–Kier alpha value is -3.84. The van der Waals surface area contributed by atoms with E-state index >= 15 is 0 Å². The third-order valence-corrected chi connectivity index (χ3v) is 5.77. The van der Waals surface area contributed by atoms with E-state index in [1.165, 1.54) is 6.08 Å². The minimum Gasteiger partial charge on any atom is -0.478 e. The molecule has 0 atom stereocenters. The maximum absolute atomic E-state index is 12.9. The SMILES string of the molecule is O=C(O)C=Cc1cnc(NC2CCN(C(=O)c3ccc(Oc4ccccc4)cc3)CC2)c(Cl)c1. The van der Waals surface area contributed by atoms with Crippen LogP contribution in [0.25, 0.3) is 6.08 Å². The number of nitrogens with one attached hydrogen (secondary N) is 1. The number of amides is 1. The van der Waals surface area contributed by atoms with Crippen molar-refractivity contribution < 1.29 is 19.4 Å². The number of carboxylic acids is 1. The summed E-state index contributed by atoms with van der Waals surface area (Å²) >= 11 is 6.31. The van der Waals surface area contributed by atoms with Crippen molar-refractivity contribution in [3.05, 3.63) is 89.1 Å². The summed E-state index contributed by atoms with van der Waals surface area (Å²) in [5.41, 5.74) is 1.24. The predicted octanol–water partition coefficient (Wildman–Crippen LogP) is 5.34. The number of ether oxygens (including phenoxy) is 1. The number of para-hydroxylation sites is 1. The second kappa shape index (κ2) is 10.9. The monoisotopic (exact) mass is 477 g/mol. The Morgan fingerprint density at radius 3 is 2.38 bits per heavy atom. The first-order valence-electron chi connectivity index (χ1n) is 10.9. The fraction of sp³-hybridized carbons (Fsp3) is 0.192. The van der Waals surface area contributed by atoms with Crippen LogP contribution >= 0.6 is 11.6 Å². The summed E-state index contributed by atoms with van der Waals surface area (Å²) in [6.45, 7) is 1.24. The fourth-order valence-electron chi connectivity index (χ4n) is 3.71. The third kappa shape index (κ3) is 6.14. The first kappa shape index (κ1) is 23.3. The number of nitrogens with zero attached hydrogens (tertiary/aromatic N) is 2. The number of likely N-dealkylation sites (tertiary alicyclic amines) is 1. The molecule has 0 spiro atoms. The molecule has 0 aliphatic carbocycles. The average molecular weight is 478 g/mol. The van der Waals surface area contributed by atoms with Crippen LogP contribution in [-0.2, 0) is 4.79 Å². The van der Waals surface area contributed by atoms with E-state index in [0.29, 0.717) is 40.8 Å². The first-order valence-corrected chi connectivity index (χ1v) is 11.3. The molecule has 1 aromatic heterocycles. The lowest BCUT2D eigenvalue weighted by Gasteiger charge is -2.33. The molecule has 0 unspecified atom stereocenters. The van der Waals surface area contributed by atoms with Crippen LogP contribution in [0.3, 0.4) is 0 Å². The molecule has 0 bridgehead atoms. The van der Waals surface area contributed by atoms with Crippen LogP contribution in [0.1, 0.15) is 28.8 Å². The second-order valence-corrected chi connectivity index (χ2v) is 8.33. The molecule has 0 radical (unpaired) electrons. The largest absolute Gasteiger partial charge is 0.478 e. The minimum absolute atomic E-state index is 0.00422. The molecule has 1 aliphatic heterocycles. The van der Waals surface area contributed by atoms with E-state index in [0.717, 1.165) is 24.7 Å². The zero-order valence-corrected chi connectivity index (χ0v) is 19.1. The Morgan fingerprint density at radius 1 is 1.06 bits per heavy atom. The van der Waals surface area contributed by atoms with E-state index in [4.69, 9.17) is 21.4 Å². The summed E-state index contributed by atoms with van der Waals surface area (Å²) in [5.74, 6) is 0.941. The predicted molar refractivity (Wildman–Crippen MR) is 131 cm³/mol. The number of carbonyl (C=O) groups excluding carboxylic acids is 1. The van der Waals surface area contributed by atoms with E-state index in [-0.39, 0.29) is 11.9 Å². The Bertz CT molecular complexity index is 1170. The van der Waals surface area contributed by atoms with Crippen molar-refractivity contribution in [1.29, 1.82) is 0 Å². The lowest BCUT2D eigenvalue weighted by molar-refractivity contribution is -0.131. The first-order chi connectivity index (χ1) is 16.5. The maximum atomic E-state index is 12.9. The van der Waals surface area contributed by atoms with Gasteiger partial charge in [0.15, 0.2) is 0 Å². The number of aliphatic carboxylic acids is 1. The van der Waals surface area contributed by atoms with Gasteiger partial charge in [0.1, 0.15) is 17.3 Å². The number of hydrogen-bond donors (Lipinski definition) is 2. The molecule has 4 rings (SSSR count). The number of hydrogen-bond acceptors (Lipinski definition) is 5. The quantitative estimate of drug-likeness (QED) is 0.446. The number of benzene rings is 2. The Labute approximate surface area is 202 Å². The van der Waals surface area contributed by atoms with Gasteiger partial charge in [-0.15, -0.1) is 0 Å². The van der Waals surface area contributed by atoms with E-state index in [1.807, 2.05) is 35.2 Å². The van der Waals surface area contributed by atoms with Crippen LogP contribution < -0.4 is 10.1 Å². The molecule has 7 nitrogen and oxygen atoms in total. The van der Waals surface area contributed by atoms with Crippen molar-refractivity contribution in [3.8, 4) is 11.5 Å². The van der Waals surface area contributed by atoms with Gasteiger partial charge in [0.25, 0.3) is 5.91 Å². The zero-order valence-electron chi connectivity index (χ0n) is 18.4. The Morgan fingerprint density at radius 2 is 1.74 bits per heavy atom. The molecule has 3 aromatic rings. The molecule has 2 N–H and O–H groups in total. The molecular formula is C26H24ClN3O4. The summed E-state index contributed by atoms with van der Waals surface area (Å²) in [6, 6.07) is 18.5. The van der Waals surface area contributed by atoms with Crippen molar-refractivity contribution in [2.75, 3.05) is 18.4 Å². The number of anilines is 1. The van der Waals surface area contributed by atoms with Gasteiger partial charge in [0.05, 0.1) is 5.02 Å². The molecule has 0 saturated carbocycles. The maximum Gasteiger partial charge on any atom is 0.328 e. The van der Waals surface area contributed by atoms with E-state index in [9.17, 15) is 9.59 Å². The number of aromatic nitrogens is 1.